The van der Waals surface area contributed by atoms with Gasteiger partial charge in [-0.1, -0.05) is 23.9 Å². The molecule has 0 bridgehead atoms. The normalized spacial score (nSPS) is 10.6. The second-order valence-electron chi connectivity index (χ2n) is 4.05. The summed E-state index contributed by atoms with van der Waals surface area (Å²) in [6.45, 7) is 1.50. The summed E-state index contributed by atoms with van der Waals surface area (Å²) in [6, 6.07) is 4.02. The van der Waals surface area contributed by atoms with E-state index in [2.05, 4.69) is 4.74 Å². The number of nitrogens with zero attached hydrogens (tertiary/aromatic N) is 1. The van der Waals surface area contributed by atoms with Crippen LogP contribution in [-0.2, 0) is 9.53 Å². The Morgan fingerprint density at radius 1 is 1.43 bits per heavy atom. The molecule has 0 radical (unpaired) electrons. The second-order valence-corrected chi connectivity index (χ2v) is 5.32. The van der Waals surface area contributed by atoms with Crippen LogP contribution >= 0.6 is 11.8 Å². The average molecular weight is 309 g/mol. The topological polar surface area (TPSA) is 86.5 Å². The van der Waals surface area contributed by atoms with Gasteiger partial charge in [0, 0.05) is 24.8 Å². The molecule has 0 heterocycles. The molecule has 6 nitrogen and oxygen atoms in total. The number of carbonyl (C=O) groups excluding carboxylic acids is 2. The zero-order valence-electron chi connectivity index (χ0n) is 11.7. The summed E-state index contributed by atoms with van der Waals surface area (Å²) in [4.78, 5) is 32.6. The van der Waals surface area contributed by atoms with Gasteiger partial charge in [-0.15, -0.1) is 0 Å². The van der Waals surface area contributed by atoms with Crippen LogP contribution in [0.1, 0.15) is 29.3 Å². The van der Waals surface area contributed by atoms with E-state index in [9.17, 15) is 19.7 Å². The summed E-state index contributed by atoms with van der Waals surface area (Å²) in [5, 5.41) is 10.8. The summed E-state index contributed by atoms with van der Waals surface area (Å²) in [7, 11) is 1.22. The minimum Gasteiger partial charge on any atom is -0.465 e. The maximum Gasteiger partial charge on any atom is 0.338 e. The molecule has 7 heteroatoms. The van der Waals surface area contributed by atoms with Crippen LogP contribution in [0.4, 0.5) is 5.69 Å². The van der Waals surface area contributed by atoms with Crippen molar-refractivity contribution in [2.45, 2.75) is 13.3 Å². The van der Waals surface area contributed by atoms with Crippen molar-refractivity contribution in [3.05, 3.63) is 45.5 Å². The summed E-state index contributed by atoms with van der Waals surface area (Å²) in [6.07, 6.45) is 4.15. The zero-order valence-corrected chi connectivity index (χ0v) is 12.5. The van der Waals surface area contributed by atoms with Gasteiger partial charge in [-0.25, -0.2) is 4.79 Å². The number of benzene rings is 1. The fraction of sp³-hybridized carbons (Fsp3) is 0.286. The maximum absolute atomic E-state index is 11.7. The molecule has 1 rings (SSSR count). The minimum absolute atomic E-state index is 0.0500. The first kappa shape index (κ1) is 16.9. The first-order chi connectivity index (χ1) is 9.95. The van der Waals surface area contributed by atoms with Gasteiger partial charge in [0.25, 0.3) is 5.69 Å². The molecule has 112 valence electrons. The first-order valence-electron chi connectivity index (χ1n) is 6.12. The van der Waals surface area contributed by atoms with E-state index < -0.39 is 10.9 Å². The van der Waals surface area contributed by atoms with E-state index >= 15 is 0 Å². The highest BCUT2D eigenvalue weighted by molar-refractivity contribution is 8.13. The van der Waals surface area contributed by atoms with E-state index in [0.29, 0.717) is 17.7 Å². The smallest absolute Gasteiger partial charge is 0.338 e. The molecule has 21 heavy (non-hydrogen) atoms. The molecule has 0 aliphatic rings. The number of rotatable bonds is 6. The Bertz CT molecular complexity index is 583. The highest BCUT2D eigenvalue weighted by Gasteiger charge is 2.15. The predicted octanol–water partition coefficient (Wildman–Crippen LogP) is 3.06. The Labute approximate surface area is 126 Å². The molecular formula is C14H15NO5S. The monoisotopic (exact) mass is 309 g/mol. The predicted molar refractivity (Wildman–Crippen MR) is 81.2 cm³/mol. The number of nitro groups is 1. The molecule has 0 saturated heterocycles. The van der Waals surface area contributed by atoms with Gasteiger partial charge in [-0.2, -0.15) is 0 Å². The summed E-state index contributed by atoms with van der Waals surface area (Å²) < 4.78 is 4.63. The van der Waals surface area contributed by atoms with Crippen LogP contribution in [-0.4, -0.2) is 28.9 Å². The van der Waals surface area contributed by atoms with Crippen molar-refractivity contribution < 1.29 is 19.2 Å². The number of hydrogen-bond donors (Lipinski definition) is 0. The number of thioether (sulfide) groups is 1. The second kappa shape index (κ2) is 8.21. The largest absolute Gasteiger partial charge is 0.465 e. The number of non-ortho nitro benzene ring substituents is 1. The quantitative estimate of drug-likeness (QED) is 0.347. The number of allylic oxidation sites excluding steroid dienone is 1. The van der Waals surface area contributed by atoms with E-state index in [1.807, 2.05) is 6.08 Å². The fourth-order valence-electron chi connectivity index (χ4n) is 1.57. The Balaban J connectivity index is 2.90. The average Bonchev–Trinajstić information content (AvgIpc) is 2.45. The van der Waals surface area contributed by atoms with Crippen molar-refractivity contribution in [1.29, 1.82) is 0 Å². The summed E-state index contributed by atoms with van der Waals surface area (Å²) in [5.74, 6) is 0.0169. The van der Waals surface area contributed by atoms with Crippen LogP contribution in [0.15, 0.2) is 24.3 Å². The molecule has 0 aromatic heterocycles. The lowest BCUT2D eigenvalue weighted by Gasteiger charge is -2.04. The number of esters is 1. The molecule has 0 spiro atoms. The summed E-state index contributed by atoms with van der Waals surface area (Å²) in [5.41, 5.74) is 0.516. The molecule has 1 aromatic carbocycles. The molecule has 1 aromatic rings. The Kier molecular flexibility index (Phi) is 6.61. The SMILES string of the molecule is COC(=O)c1cc([N+](=O)[O-])ccc1C=CCCSC(C)=O. The van der Waals surface area contributed by atoms with E-state index in [0.717, 1.165) is 0 Å². The van der Waals surface area contributed by atoms with Gasteiger partial charge in [0.05, 0.1) is 17.6 Å². The van der Waals surface area contributed by atoms with Crippen LogP contribution in [0, 0.1) is 10.1 Å². The molecule has 0 N–H and O–H groups in total. The highest BCUT2D eigenvalue weighted by Crippen LogP contribution is 2.20. The number of nitro benzene ring substituents is 1. The Hall–Kier alpha value is -2.15. The van der Waals surface area contributed by atoms with Crippen LogP contribution in [0.2, 0.25) is 0 Å². The van der Waals surface area contributed by atoms with Crippen molar-refractivity contribution in [3.8, 4) is 0 Å². The van der Waals surface area contributed by atoms with Gasteiger partial charge >= 0.3 is 5.97 Å². The third-order valence-corrected chi connectivity index (χ3v) is 3.39. The highest BCUT2D eigenvalue weighted by atomic mass is 32.2. The third kappa shape index (κ3) is 5.39. The zero-order chi connectivity index (χ0) is 15.8. The Morgan fingerprint density at radius 3 is 2.71 bits per heavy atom. The van der Waals surface area contributed by atoms with E-state index in [1.54, 1.807) is 6.08 Å². The van der Waals surface area contributed by atoms with Gasteiger partial charge in [0.1, 0.15) is 0 Å². The van der Waals surface area contributed by atoms with Crippen molar-refractivity contribution in [2.75, 3.05) is 12.9 Å². The van der Waals surface area contributed by atoms with Gasteiger partial charge in [-0.3, -0.25) is 14.9 Å². The van der Waals surface area contributed by atoms with E-state index in [-0.39, 0.29) is 16.4 Å². The summed E-state index contributed by atoms with van der Waals surface area (Å²) >= 11 is 1.22. The molecule has 0 saturated carbocycles. The Morgan fingerprint density at radius 2 is 2.14 bits per heavy atom. The van der Waals surface area contributed by atoms with Gasteiger partial charge < -0.3 is 4.74 Å². The number of carbonyl (C=O) groups is 2. The maximum atomic E-state index is 11.7. The van der Waals surface area contributed by atoms with Crippen molar-refractivity contribution in [2.24, 2.45) is 0 Å². The standard InChI is InChI=1S/C14H15NO5S/c1-10(16)21-8-4-3-5-11-6-7-12(15(18)19)9-13(11)14(17)20-2/h3,5-7,9H,4,8H2,1-2H3. The molecule has 0 unspecified atom stereocenters. The van der Waals surface area contributed by atoms with Gasteiger partial charge in [0.15, 0.2) is 5.12 Å². The molecule has 0 amide bonds. The first-order valence-corrected chi connectivity index (χ1v) is 7.11. The van der Waals surface area contributed by atoms with E-state index in [4.69, 9.17) is 0 Å². The fourth-order valence-corrected chi connectivity index (χ4v) is 2.11. The lowest BCUT2D eigenvalue weighted by atomic mass is 10.1. The van der Waals surface area contributed by atoms with Crippen LogP contribution in [0.5, 0.6) is 0 Å². The number of ether oxygens (including phenoxy) is 1. The minimum atomic E-state index is -0.628. The number of methoxy groups -OCH3 is 1. The molecule has 0 aliphatic carbocycles. The van der Waals surface area contributed by atoms with Crippen molar-refractivity contribution >= 4 is 34.6 Å². The molecule has 0 aliphatic heterocycles. The molecule has 0 fully saturated rings. The lowest BCUT2D eigenvalue weighted by Crippen LogP contribution is -2.04. The third-order valence-electron chi connectivity index (χ3n) is 2.54. The molecule has 0 atom stereocenters. The van der Waals surface area contributed by atoms with Crippen LogP contribution < -0.4 is 0 Å². The van der Waals surface area contributed by atoms with Gasteiger partial charge in [0.2, 0.25) is 0 Å². The van der Waals surface area contributed by atoms with Crippen molar-refractivity contribution in [1.82, 2.24) is 0 Å². The van der Waals surface area contributed by atoms with Crippen LogP contribution in [0.3, 0.4) is 0 Å². The lowest BCUT2D eigenvalue weighted by molar-refractivity contribution is -0.384. The van der Waals surface area contributed by atoms with E-state index in [1.165, 1.54) is 44.0 Å². The number of hydrogen-bond acceptors (Lipinski definition) is 6. The van der Waals surface area contributed by atoms with Gasteiger partial charge in [-0.05, 0) is 18.1 Å². The molecular weight excluding hydrogens is 294 g/mol. The van der Waals surface area contributed by atoms with Crippen molar-refractivity contribution in [3.63, 3.8) is 0 Å². The van der Waals surface area contributed by atoms with Crippen LogP contribution in [0.25, 0.3) is 6.08 Å².